The fourth-order valence-electron chi connectivity index (χ4n) is 2.30. The number of rotatable bonds is 5. The van der Waals surface area contributed by atoms with E-state index in [9.17, 15) is 0 Å². The first-order valence-electron chi connectivity index (χ1n) is 7.06. The van der Waals surface area contributed by atoms with Crippen molar-refractivity contribution in [3.05, 3.63) is 23.4 Å². The van der Waals surface area contributed by atoms with Gasteiger partial charge in [-0.3, -0.25) is 5.10 Å². The van der Waals surface area contributed by atoms with Gasteiger partial charge in [-0.2, -0.15) is 10.2 Å². The largest absolute Gasteiger partial charge is 0.394 e. The Labute approximate surface area is 130 Å². The zero-order valence-electron chi connectivity index (χ0n) is 11.6. The predicted octanol–water partition coefficient (Wildman–Crippen LogP) is 1.82. The Bertz CT molecular complexity index is 823. The quantitative estimate of drug-likeness (QED) is 0.662. The van der Waals surface area contributed by atoms with Crippen LogP contribution >= 0.6 is 11.6 Å². The maximum atomic E-state index is 8.99. The molecule has 114 valence electrons. The van der Waals surface area contributed by atoms with Crippen LogP contribution in [0.4, 0.5) is 11.5 Å². The Hall–Kier alpha value is -2.19. The van der Waals surface area contributed by atoms with Crippen molar-refractivity contribution < 1.29 is 5.11 Å². The lowest BCUT2D eigenvalue weighted by Crippen LogP contribution is -2.04. The topological polar surface area (TPSA) is 105 Å². The summed E-state index contributed by atoms with van der Waals surface area (Å²) in [5.41, 5.74) is 2.14. The lowest BCUT2D eigenvalue weighted by molar-refractivity contribution is 0.269. The Morgan fingerprint density at radius 3 is 3.00 bits per heavy atom. The van der Waals surface area contributed by atoms with Gasteiger partial charge in [0, 0.05) is 5.92 Å². The van der Waals surface area contributed by atoms with Gasteiger partial charge in [-0.1, -0.05) is 11.6 Å². The fourth-order valence-corrected chi connectivity index (χ4v) is 2.53. The van der Waals surface area contributed by atoms with Crippen molar-refractivity contribution in [2.75, 3.05) is 11.9 Å². The Balaban J connectivity index is 1.72. The minimum absolute atomic E-state index is 0.0228. The molecule has 0 saturated heterocycles. The van der Waals surface area contributed by atoms with Crippen molar-refractivity contribution in [1.82, 2.24) is 29.9 Å². The molecule has 0 aromatic carbocycles. The van der Waals surface area contributed by atoms with Crippen molar-refractivity contribution in [3.63, 3.8) is 0 Å². The molecular formula is C13H14ClN7O. The summed E-state index contributed by atoms with van der Waals surface area (Å²) in [6.45, 7) is 0.321. The molecular weight excluding hydrogens is 306 g/mol. The second kappa shape index (κ2) is 5.22. The van der Waals surface area contributed by atoms with Crippen molar-refractivity contribution in [2.24, 2.45) is 0 Å². The van der Waals surface area contributed by atoms with E-state index >= 15 is 0 Å². The third kappa shape index (κ3) is 2.30. The molecule has 22 heavy (non-hydrogen) atoms. The van der Waals surface area contributed by atoms with Gasteiger partial charge in [0.25, 0.3) is 0 Å². The van der Waals surface area contributed by atoms with E-state index in [0.29, 0.717) is 29.1 Å². The molecule has 0 radical (unpaired) electrons. The second-order valence-corrected chi connectivity index (χ2v) is 5.61. The van der Waals surface area contributed by atoms with E-state index in [1.807, 2.05) is 0 Å². The lowest BCUT2D eigenvalue weighted by Gasteiger charge is -2.07. The van der Waals surface area contributed by atoms with E-state index in [0.717, 1.165) is 29.7 Å². The van der Waals surface area contributed by atoms with E-state index in [-0.39, 0.29) is 6.61 Å². The molecule has 9 heteroatoms. The third-order valence-electron chi connectivity index (χ3n) is 3.60. The number of nitrogens with zero attached hydrogens (tertiary/aromatic N) is 5. The van der Waals surface area contributed by atoms with Crippen LogP contribution in [0.5, 0.6) is 0 Å². The molecule has 3 N–H and O–H groups in total. The van der Waals surface area contributed by atoms with Gasteiger partial charge in [0.1, 0.15) is 16.9 Å². The molecule has 1 fully saturated rings. The van der Waals surface area contributed by atoms with Gasteiger partial charge in [-0.05, 0) is 12.8 Å². The van der Waals surface area contributed by atoms with Gasteiger partial charge in [0.2, 0.25) is 0 Å². The molecule has 0 amide bonds. The number of aliphatic hydroxyl groups is 1. The summed E-state index contributed by atoms with van der Waals surface area (Å²) < 4.78 is 1.52. The van der Waals surface area contributed by atoms with E-state index in [1.165, 1.54) is 4.68 Å². The molecule has 1 saturated carbocycles. The number of hydrogen-bond donors (Lipinski definition) is 3. The average Bonchev–Trinajstić information content (AvgIpc) is 3.17. The summed E-state index contributed by atoms with van der Waals surface area (Å²) in [4.78, 5) is 9.11. The van der Waals surface area contributed by atoms with Gasteiger partial charge in [0.15, 0.2) is 11.0 Å². The van der Waals surface area contributed by atoms with Gasteiger partial charge in [0.05, 0.1) is 31.2 Å². The molecule has 8 nitrogen and oxygen atoms in total. The molecule has 1 aliphatic rings. The molecule has 0 atom stereocenters. The molecule has 4 rings (SSSR count). The maximum absolute atomic E-state index is 8.99. The van der Waals surface area contributed by atoms with Crippen molar-refractivity contribution in [1.29, 1.82) is 0 Å². The van der Waals surface area contributed by atoms with Crippen LogP contribution in [0.3, 0.4) is 0 Å². The summed E-state index contributed by atoms with van der Waals surface area (Å²) in [6.07, 6.45) is 5.54. The van der Waals surface area contributed by atoms with Crippen molar-refractivity contribution >= 4 is 34.1 Å². The summed E-state index contributed by atoms with van der Waals surface area (Å²) in [5.74, 6) is 1.90. The minimum atomic E-state index is -0.0228. The number of aliphatic hydroxyl groups excluding tert-OH is 1. The summed E-state index contributed by atoms with van der Waals surface area (Å²) in [7, 11) is 0. The van der Waals surface area contributed by atoms with Crippen LogP contribution in [-0.4, -0.2) is 41.7 Å². The monoisotopic (exact) mass is 319 g/mol. The Morgan fingerprint density at radius 2 is 2.23 bits per heavy atom. The number of nitrogens with one attached hydrogen (secondary N) is 2. The fraction of sp³-hybridized carbons (Fsp3) is 0.385. The highest BCUT2D eigenvalue weighted by atomic mass is 35.5. The molecule has 0 aliphatic heterocycles. The van der Waals surface area contributed by atoms with E-state index in [1.54, 1.807) is 12.4 Å². The highest BCUT2D eigenvalue weighted by Crippen LogP contribution is 2.39. The summed E-state index contributed by atoms with van der Waals surface area (Å²) in [5, 5.41) is 23.7. The molecule has 0 bridgehead atoms. The highest BCUT2D eigenvalue weighted by Gasteiger charge is 2.28. The van der Waals surface area contributed by atoms with Crippen molar-refractivity contribution in [3.8, 4) is 0 Å². The van der Waals surface area contributed by atoms with Gasteiger partial charge < -0.3 is 10.4 Å². The summed E-state index contributed by atoms with van der Waals surface area (Å²) in [6, 6.07) is 0. The van der Waals surface area contributed by atoms with Crippen LogP contribution in [0, 0.1) is 0 Å². The number of hydrogen-bond acceptors (Lipinski definition) is 6. The van der Waals surface area contributed by atoms with Crippen LogP contribution in [0.15, 0.2) is 12.4 Å². The van der Waals surface area contributed by atoms with Crippen LogP contribution < -0.4 is 5.32 Å². The number of halogens is 1. The average molecular weight is 320 g/mol. The second-order valence-electron chi connectivity index (χ2n) is 5.26. The highest BCUT2D eigenvalue weighted by molar-refractivity contribution is 6.32. The van der Waals surface area contributed by atoms with Crippen LogP contribution in [0.25, 0.3) is 11.0 Å². The van der Waals surface area contributed by atoms with Gasteiger partial charge >= 0.3 is 0 Å². The predicted molar refractivity (Wildman–Crippen MR) is 81.3 cm³/mol. The first kappa shape index (κ1) is 13.5. The summed E-state index contributed by atoms with van der Waals surface area (Å²) >= 11 is 6.25. The number of aromatic nitrogens is 6. The molecule has 1 aliphatic carbocycles. The normalized spacial score (nSPS) is 14.6. The van der Waals surface area contributed by atoms with E-state index in [4.69, 9.17) is 16.7 Å². The SMILES string of the molecule is OCCn1ncc(Nc2nc(C3CC3)nc3cn[nH]c23)c1Cl. The zero-order valence-corrected chi connectivity index (χ0v) is 12.4. The van der Waals surface area contributed by atoms with Gasteiger partial charge in [-0.25, -0.2) is 14.6 Å². The standard InChI is InChI=1S/C13H14ClN7O/c14-11-9(6-16-21(11)3-4-22)18-13-10-8(5-15-20-10)17-12(19-13)7-1-2-7/h5-7,22H,1-4H2,(H,15,20)(H,17,18,19). The molecule has 3 aromatic heterocycles. The zero-order chi connectivity index (χ0) is 15.1. The first-order chi connectivity index (χ1) is 10.8. The maximum Gasteiger partial charge on any atom is 0.160 e. The van der Waals surface area contributed by atoms with Crippen LogP contribution in [-0.2, 0) is 6.54 Å². The van der Waals surface area contributed by atoms with Gasteiger partial charge in [-0.15, -0.1) is 0 Å². The van der Waals surface area contributed by atoms with Crippen LogP contribution in [0.1, 0.15) is 24.6 Å². The molecule has 0 spiro atoms. The van der Waals surface area contributed by atoms with Crippen LogP contribution in [0.2, 0.25) is 5.15 Å². The number of fused-ring (bicyclic) bond motifs is 1. The smallest absolute Gasteiger partial charge is 0.160 e. The van der Waals surface area contributed by atoms with E-state index in [2.05, 4.69) is 30.6 Å². The lowest BCUT2D eigenvalue weighted by atomic mass is 10.3. The third-order valence-corrected chi connectivity index (χ3v) is 4.00. The first-order valence-corrected chi connectivity index (χ1v) is 7.44. The minimum Gasteiger partial charge on any atom is -0.394 e. The van der Waals surface area contributed by atoms with Crippen molar-refractivity contribution in [2.45, 2.75) is 25.3 Å². The molecule has 3 aromatic rings. The number of anilines is 2. The Morgan fingerprint density at radius 1 is 1.36 bits per heavy atom. The number of aromatic amines is 1. The number of H-pyrrole nitrogens is 1. The Kier molecular flexibility index (Phi) is 3.20. The van der Waals surface area contributed by atoms with E-state index < -0.39 is 0 Å². The molecule has 0 unspecified atom stereocenters. The molecule has 3 heterocycles.